The van der Waals surface area contributed by atoms with Gasteiger partial charge >= 0.3 is 0 Å². The zero-order valence-corrected chi connectivity index (χ0v) is 10.7. The summed E-state index contributed by atoms with van der Waals surface area (Å²) < 4.78 is 0. The third-order valence-electron chi connectivity index (χ3n) is 3.84. The lowest BCUT2D eigenvalue weighted by atomic mass is 10.1. The molecule has 1 atom stereocenters. The molecule has 0 bridgehead atoms. The molecule has 2 aliphatic rings. The predicted octanol–water partition coefficient (Wildman–Crippen LogP) is 0.170. The van der Waals surface area contributed by atoms with E-state index in [2.05, 4.69) is 5.32 Å². The third-order valence-corrected chi connectivity index (χ3v) is 3.84. The van der Waals surface area contributed by atoms with Crippen LogP contribution in [-0.2, 0) is 22.6 Å². The van der Waals surface area contributed by atoms with Crippen LogP contribution in [0.4, 0.5) is 5.69 Å². The Kier molecular flexibility index (Phi) is 3.08. The minimum absolute atomic E-state index is 0.0748. The second-order valence-corrected chi connectivity index (χ2v) is 5.10. The highest BCUT2D eigenvalue weighted by molar-refractivity contribution is 6.19. The molecule has 0 aliphatic carbocycles. The van der Waals surface area contributed by atoms with E-state index in [1.54, 1.807) is 0 Å². The summed E-state index contributed by atoms with van der Waals surface area (Å²) in [6.45, 7) is 1.96. The number of anilines is 1. The number of nitrogens with zero attached hydrogens (tertiary/aromatic N) is 1. The number of nitrogens with one attached hydrogen (secondary N) is 1. The fourth-order valence-electron chi connectivity index (χ4n) is 2.79. The largest absolute Gasteiger partial charge is 0.326 e. The van der Waals surface area contributed by atoms with Gasteiger partial charge in [-0.3, -0.25) is 9.59 Å². The minimum atomic E-state index is -0.124. The smallest absolute Gasteiger partial charge is 0.238 e. The summed E-state index contributed by atoms with van der Waals surface area (Å²) in [5.41, 5.74) is 8.23. The molecule has 0 radical (unpaired) electrons. The van der Waals surface area contributed by atoms with Crippen LogP contribution in [-0.4, -0.2) is 24.9 Å². The number of imide groups is 1. The predicted molar refractivity (Wildman–Crippen MR) is 71.5 cm³/mol. The normalized spacial score (nSPS) is 21.8. The maximum absolute atomic E-state index is 12.4. The van der Waals surface area contributed by atoms with Crippen molar-refractivity contribution in [3.63, 3.8) is 0 Å². The first kappa shape index (κ1) is 12.3. The molecule has 3 N–H and O–H groups in total. The van der Waals surface area contributed by atoms with Crippen LogP contribution < -0.4 is 16.0 Å². The highest BCUT2D eigenvalue weighted by Crippen LogP contribution is 2.31. The molecule has 1 unspecified atom stereocenters. The highest BCUT2D eigenvalue weighted by Gasteiger charge is 2.36. The van der Waals surface area contributed by atoms with Gasteiger partial charge in [-0.1, -0.05) is 12.1 Å². The number of benzene rings is 1. The van der Waals surface area contributed by atoms with E-state index in [4.69, 9.17) is 5.73 Å². The third kappa shape index (κ3) is 2.05. The molecular weight excluding hydrogens is 242 g/mol. The maximum atomic E-state index is 12.4. The van der Waals surface area contributed by atoms with Gasteiger partial charge in [-0.2, -0.15) is 0 Å². The number of nitrogens with two attached hydrogens (primary N) is 1. The van der Waals surface area contributed by atoms with Crippen LogP contribution in [0, 0.1) is 5.92 Å². The van der Waals surface area contributed by atoms with Crippen LogP contribution in [0.1, 0.15) is 17.5 Å². The summed E-state index contributed by atoms with van der Waals surface area (Å²) >= 11 is 0. The summed E-state index contributed by atoms with van der Waals surface area (Å²) in [6, 6.07) is 5.64. The average Bonchev–Trinajstić information content (AvgIpc) is 3.03. The van der Waals surface area contributed by atoms with Gasteiger partial charge in [-0.25, -0.2) is 4.90 Å². The van der Waals surface area contributed by atoms with Crippen molar-refractivity contribution in [1.82, 2.24) is 5.32 Å². The molecule has 0 saturated carbocycles. The van der Waals surface area contributed by atoms with Gasteiger partial charge < -0.3 is 11.1 Å². The molecule has 5 heteroatoms. The molecule has 5 nitrogen and oxygen atoms in total. The molecule has 19 heavy (non-hydrogen) atoms. The van der Waals surface area contributed by atoms with E-state index >= 15 is 0 Å². The van der Waals surface area contributed by atoms with Crippen molar-refractivity contribution in [3.8, 4) is 0 Å². The summed E-state index contributed by atoms with van der Waals surface area (Å²) in [5, 5.41) is 3.16. The van der Waals surface area contributed by atoms with E-state index in [0.29, 0.717) is 19.5 Å². The Morgan fingerprint density at radius 2 is 2.32 bits per heavy atom. The standard InChI is InChI=1S/C14H17N3O2/c15-7-9-1-2-12-11(5-9)6-13(18)17(12)14(19)10-3-4-16-8-10/h1-2,5,10,16H,3-4,6-8,15H2. The van der Waals surface area contributed by atoms with Gasteiger partial charge in [0.15, 0.2) is 0 Å². The maximum Gasteiger partial charge on any atom is 0.238 e. The van der Waals surface area contributed by atoms with Gasteiger partial charge in [-0.15, -0.1) is 0 Å². The number of carbonyl (C=O) groups excluding carboxylic acids is 2. The Morgan fingerprint density at radius 1 is 1.47 bits per heavy atom. The molecule has 1 aromatic carbocycles. The molecule has 2 heterocycles. The van der Waals surface area contributed by atoms with Gasteiger partial charge in [-0.05, 0) is 30.2 Å². The van der Waals surface area contributed by atoms with Crippen LogP contribution in [0.3, 0.4) is 0 Å². The number of rotatable bonds is 2. The van der Waals surface area contributed by atoms with E-state index in [1.807, 2.05) is 18.2 Å². The zero-order valence-electron chi connectivity index (χ0n) is 10.7. The Labute approximate surface area is 111 Å². The van der Waals surface area contributed by atoms with E-state index in [9.17, 15) is 9.59 Å². The van der Waals surface area contributed by atoms with Crippen LogP contribution >= 0.6 is 0 Å². The molecule has 1 fully saturated rings. The first-order valence-corrected chi connectivity index (χ1v) is 6.60. The number of fused-ring (bicyclic) bond motifs is 1. The van der Waals surface area contributed by atoms with Gasteiger partial charge in [0.1, 0.15) is 0 Å². The van der Waals surface area contributed by atoms with Crippen molar-refractivity contribution in [2.24, 2.45) is 11.7 Å². The Bertz CT molecular complexity index is 535. The number of amides is 2. The Hall–Kier alpha value is -1.72. The van der Waals surface area contributed by atoms with Gasteiger partial charge in [0.05, 0.1) is 18.0 Å². The summed E-state index contributed by atoms with van der Waals surface area (Å²) in [5.74, 6) is -0.278. The first-order valence-electron chi connectivity index (χ1n) is 6.60. The summed E-state index contributed by atoms with van der Waals surface area (Å²) in [6.07, 6.45) is 1.11. The monoisotopic (exact) mass is 259 g/mol. The van der Waals surface area contributed by atoms with Gasteiger partial charge in [0.25, 0.3) is 0 Å². The minimum Gasteiger partial charge on any atom is -0.326 e. The van der Waals surface area contributed by atoms with E-state index < -0.39 is 0 Å². The molecule has 0 spiro atoms. The van der Waals surface area contributed by atoms with Crippen molar-refractivity contribution < 1.29 is 9.59 Å². The van der Waals surface area contributed by atoms with Crippen LogP contribution in [0.5, 0.6) is 0 Å². The summed E-state index contributed by atoms with van der Waals surface area (Å²) in [4.78, 5) is 25.9. The topological polar surface area (TPSA) is 75.4 Å². The Morgan fingerprint density at radius 3 is 3.00 bits per heavy atom. The molecule has 1 aromatic rings. The van der Waals surface area contributed by atoms with Crippen molar-refractivity contribution in [1.29, 1.82) is 0 Å². The lowest BCUT2D eigenvalue weighted by Gasteiger charge is -2.19. The second kappa shape index (κ2) is 4.75. The molecule has 2 amide bonds. The van der Waals surface area contributed by atoms with Crippen molar-refractivity contribution in [2.45, 2.75) is 19.4 Å². The van der Waals surface area contributed by atoms with Crippen LogP contribution in [0.2, 0.25) is 0 Å². The number of carbonyl (C=O) groups is 2. The lowest BCUT2D eigenvalue weighted by molar-refractivity contribution is -0.127. The molecule has 3 rings (SSSR count). The molecule has 100 valence electrons. The van der Waals surface area contributed by atoms with E-state index in [0.717, 1.165) is 29.8 Å². The van der Waals surface area contributed by atoms with Crippen LogP contribution in [0.15, 0.2) is 18.2 Å². The van der Waals surface area contributed by atoms with Crippen molar-refractivity contribution >= 4 is 17.5 Å². The number of hydrogen-bond donors (Lipinski definition) is 2. The van der Waals surface area contributed by atoms with Crippen LogP contribution in [0.25, 0.3) is 0 Å². The second-order valence-electron chi connectivity index (χ2n) is 5.10. The van der Waals surface area contributed by atoms with Crippen molar-refractivity contribution in [2.75, 3.05) is 18.0 Å². The molecular formula is C14H17N3O2. The van der Waals surface area contributed by atoms with Gasteiger partial charge in [0.2, 0.25) is 11.8 Å². The first-order chi connectivity index (χ1) is 9.20. The van der Waals surface area contributed by atoms with Gasteiger partial charge in [0, 0.05) is 13.1 Å². The highest BCUT2D eigenvalue weighted by atomic mass is 16.2. The SMILES string of the molecule is NCc1ccc2c(c1)CC(=O)N2C(=O)C1CCNC1. The number of hydrogen-bond acceptors (Lipinski definition) is 4. The molecule has 0 aromatic heterocycles. The van der Waals surface area contributed by atoms with Crippen molar-refractivity contribution in [3.05, 3.63) is 29.3 Å². The summed E-state index contributed by atoms with van der Waals surface area (Å²) in [7, 11) is 0. The zero-order chi connectivity index (χ0) is 13.4. The average molecular weight is 259 g/mol. The molecule has 2 aliphatic heterocycles. The molecule has 1 saturated heterocycles. The lowest BCUT2D eigenvalue weighted by Crippen LogP contribution is -2.39. The van der Waals surface area contributed by atoms with E-state index in [-0.39, 0.29) is 17.7 Å². The fourth-order valence-corrected chi connectivity index (χ4v) is 2.79. The van der Waals surface area contributed by atoms with E-state index in [1.165, 1.54) is 4.90 Å². The fraction of sp³-hybridized carbons (Fsp3) is 0.429. The Balaban J connectivity index is 1.91. The quantitative estimate of drug-likeness (QED) is 0.742.